The molecule has 0 aliphatic rings. The van der Waals surface area contributed by atoms with Gasteiger partial charge in [-0.25, -0.2) is 0 Å². The van der Waals surface area contributed by atoms with Crippen LogP contribution >= 0.6 is 28.1 Å². The second-order valence-corrected chi connectivity index (χ2v) is 6.75. The zero-order valence-electron chi connectivity index (χ0n) is 13.7. The van der Waals surface area contributed by atoms with E-state index in [0.717, 1.165) is 15.8 Å². The van der Waals surface area contributed by atoms with Gasteiger partial charge >= 0.3 is 0 Å². The number of benzene rings is 3. The van der Waals surface area contributed by atoms with Gasteiger partial charge in [0.2, 0.25) is 0 Å². The molecule has 0 amide bonds. The summed E-state index contributed by atoms with van der Waals surface area (Å²) in [5, 5.41) is 16.7. The van der Waals surface area contributed by atoms with Crippen molar-refractivity contribution in [2.45, 2.75) is 0 Å². The van der Waals surface area contributed by atoms with Crippen LogP contribution in [0.1, 0.15) is 5.56 Å². The Morgan fingerprint density at radius 3 is 2.50 bits per heavy atom. The smallest absolute Gasteiger partial charge is 0.175 e. The van der Waals surface area contributed by atoms with Gasteiger partial charge in [-0.1, -0.05) is 46.3 Å². The molecule has 0 bridgehead atoms. The summed E-state index contributed by atoms with van der Waals surface area (Å²) in [6.07, 6.45) is 1.62. The number of aliphatic imine (C=N–C) groups is 1. The molecule has 26 heavy (non-hydrogen) atoms. The zero-order valence-corrected chi connectivity index (χ0v) is 16.1. The van der Waals surface area contributed by atoms with Crippen LogP contribution in [0.2, 0.25) is 0 Å². The summed E-state index contributed by atoms with van der Waals surface area (Å²) in [6, 6.07) is 22.5. The minimum Gasteiger partial charge on any atom is -0.507 e. The highest BCUT2D eigenvalue weighted by Gasteiger charge is 2.04. The van der Waals surface area contributed by atoms with Gasteiger partial charge in [0.25, 0.3) is 0 Å². The molecule has 4 nitrogen and oxygen atoms in total. The minimum absolute atomic E-state index is 0.170. The summed E-state index contributed by atoms with van der Waals surface area (Å²) in [7, 11) is 0. The summed E-state index contributed by atoms with van der Waals surface area (Å²) in [4.78, 5) is 4.48. The van der Waals surface area contributed by atoms with E-state index in [0.29, 0.717) is 16.4 Å². The Bertz CT molecular complexity index is 945. The molecule has 0 saturated carbocycles. The van der Waals surface area contributed by atoms with Crippen LogP contribution in [0.4, 0.5) is 17.1 Å². The molecule has 3 aromatic rings. The van der Waals surface area contributed by atoms with Crippen LogP contribution in [-0.4, -0.2) is 16.4 Å². The number of hydrogen-bond donors (Lipinski definition) is 3. The summed E-state index contributed by atoms with van der Waals surface area (Å²) in [5.41, 5.74) is 3.01. The van der Waals surface area contributed by atoms with E-state index < -0.39 is 0 Å². The SMILES string of the molecule is Oc1ccc(Br)cc1C=Nc1ccccc1NC(=S)Nc1ccccc1. The van der Waals surface area contributed by atoms with Crippen LogP contribution in [0.25, 0.3) is 0 Å². The Morgan fingerprint density at radius 2 is 1.69 bits per heavy atom. The van der Waals surface area contributed by atoms with Gasteiger partial charge in [-0.05, 0) is 54.7 Å². The fourth-order valence-electron chi connectivity index (χ4n) is 2.27. The number of phenols is 1. The average molecular weight is 426 g/mol. The van der Waals surface area contributed by atoms with Crippen molar-refractivity contribution in [3.8, 4) is 5.75 Å². The third-order valence-electron chi connectivity index (χ3n) is 3.52. The molecule has 3 N–H and O–H groups in total. The Labute approximate surface area is 165 Å². The topological polar surface area (TPSA) is 56.7 Å². The van der Waals surface area contributed by atoms with Crippen LogP contribution < -0.4 is 10.6 Å². The van der Waals surface area contributed by atoms with E-state index in [4.69, 9.17) is 12.2 Å². The lowest BCUT2D eigenvalue weighted by molar-refractivity contribution is 0.474. The third kappa shape index (κ3) is 4.91. The number of thiocarbonyl (C=S) groups is 1. The molecule has 3 rings (SSSR count). The first-order valence-electron chi connectivity index (χ1n) is 7.86. The molecule has 0 fully saturated rings. The van der Waals surface area contributed by atoms with Gasteiger partial charge < -0.3 is 15.7 Å². The lowest BCUT2D eigenvalue weighted by atomic mass is 10.2. The standard InChI is InChI=1S/C20H16BrN3OS/c21-15-10-11-19(25)14(12-15)13-22-17-8-4-5-9-18(17)24-20(26)23-16-6-2-1-3-7-16/h1-13,25H,(H2,23,24,26). The van der Waals surface area contributed by atoms with Gasteiger partial charge in [0.05, 0.1) is 11.4 Å². The molecule has 0 radical (unpaired) electrons. The molecule has 0 heterocycles. The predicted molar refractivity (Wildman–Crippen MR) is 116 cm³/mol. The van der Waals surface area contributed by atoms with Gasteiger partial charge in [-0.15, -0.1) is 0 Å². The molecule has 0 saturated heterocycles. The minimum atomic E-state index is 0.170. The first kappa shape index (κ1) is 18.1. The fraction of sp³-hybridized carbons (Fsp3) is 0. The lowest BCUT2D eigenvalue weighted by Crippen LogP contribution is -2.19. The Hall–Kier alpha value is -2.70. The van der Waals surface area contributed by atoms with E-state index >= 15 is 0 Å². The maximum Gasteiger partial charge on any atom is 0.175 e. The van der Waals surface area contributed by atoms with E-state index in [9.17, 15) is 5.11 Å². The van der Waals surface area contributed by atoms with E-state index in [1.165, 1.54) is 0 Å². The zero-order chi connectivity index (χ0) is 18.4. The molecular formula is C20H16BrN3OS. The number of phenolic OH excluding ortho intramolecular Hbond substituents is 1. The molecule has 130 valence electrons. The van der Waals surface area contributed by atoms with Crippen molar-refractivity contribution in [1.29, 1.82) is 0 Å². The number of para-hydroxylation sites is 3. The number of anilines is 2. The second kappa shape index (κ2) is 8.60. The Kier molecular flexibility index (Phi) is 5.99. The van der Waals surface area contributed by atoms with Gasteiger partial charge in [0.1, 0.15) is 5.75 Å². The highest BCUT2D eigenvalue weighted by Crippen LogP contribution is 2.26. The molecule has 0 spiro atoms. The van der Waals surface area contributed by atoms with Crippen molar-refractivity contribution in [1.82, 2.24) is 0 Å². The molecule has 0 atom stereocenters. The van der Waals surface area contributed by atoms with E-state index in [-0.39, 0.29) is 5.75 Å². The van der Waals surface area contributed by atoms with Gasteiger partial charge in [0.15, 0.2) is 5.11 Å². The number of aromatic hydroxyl groups is 1. The van der Waals surface area contributed by atoms with Crippen molar-refractivity contribution >= 4 is 56.5 Å². The molecule has 0 aliphatic heterocycles. The summed E-state index contributed by atoms with van der Waals surface area (Å²) >= 11 is 8.76. The van der Waals surface area contributed by atoms with E-state index in [1.807, 2.05) is 54.6 Å². The molecule has 6 heteroatoms. The fourth-order valence-corrected chi connectivity index (χ4v) is 2.87. The maximum atomic E-state index is 9.93. The monoisotopic (exact) mass is 425 g/mol. The number of rotatable bonds is 4. The summed E-state index contributed by atoms with van der Waals surface area (Å²) in [6.45, 7) is 0. The van der Waals surface area contributed by atoms with Crippen molar-refractivity contribution < 1.29 is 5.11 Å². The molecule has 0 aromatic heterocycles. The molecule has 3 aromatic carbocycles. The van der Waals surface area contributed by atoms with Crippen LogP contribution in [0, 0.1) is 0 Å². The second-order valence-electron chi connectivity index (χ2n) is 5.42. The van der Waals surface area contributed by atoms with Crippen LogP contribution in [-0.2, 0) is 0 Å². The normalized spacial score (nSPS) is 10.7. The van der Waals surface area contributed by atoms with Gasteiger partial charge in [-0.3, -0.25) is 4.99 Å². The van der Waals surface area contributed by atoms with Crippen molar-refractivity contribution in [2.24, 2.45) is 4.99 Å². The average Bonchev–Trinajstić information content (AvgIpc) is 2.64. The maximum absolute atomic E-state index is 9.93. The van der Waals surface area contributed by atoms with Crippen molar-refractivity contribution in [3.63, 3.8) is 0 Å². The van der Waals surface area contributed by atoms with Crippen molar-refractivity contribution in [2.75, 3.05) is 10.6 Å². The van der Waals surface area contributed by atoms with Gasteiger partial charge in [0, 0.05) is 21.9 Å². The van der Waals surface area contributed by atoms with E-state index in [2.05, 4.69) is 31.6 Å². The third-order valence-corrected chi connectivity index (χ3v) is 4.21. The number of nitrogens with one attached hydrogen (secondary N) is 2. The lowest BCUT2D eigenvalue weighted by Gasteiger charge is -2.12. The molecule has 0 aliphatic carbocycles. The molecule has 0 unspecified atom stereocenters. The highest BCUT2D eigenvalue weighted by molar-refractivity contribution is 9.10. The van der Waals surface area contributed by atoms with E-state index in [1.54, 1.807) is 24.4 Å². The Morgan fingerprint density at radius 1 is 0.962 bits per heavy atom. The quantitative estimate of drug-likeness (QED) is 0.369. The number of halogens is 1. The first-order valence-corrected chi connectivity index (χ1v) is 9.06. The van der Waals surface area contributed by atoms with Crippen molar-refractivity contribution in [3.05, 3.63) is 82.8 Å². The number of nitrogens with zero attached hydrogens (tertiary/aromatic N) is 1. The first-order chi connectivity index (χ1) is 12.6. The highest BCUT2D eigenvalue weighted by atomic mass is 79.9. The largest absolute Gasteiger partial charge is 0.507 e. The van der Waals surface area contributed by atoms with Crippen LogP contribution in [0.5, 0.6) is 5.75 Å². The Balaban J connectivity index is 1.76. The predicted octanol–water partition coefficient (Wildman–Crippen LogP) is 5.71. The summed E-state index contributed by atoms with van der Waals surface area (Å²) in [5.74, 6) is 0.170. The van der Waals surface area contributed by atoms with Crippen LogP contribution in [0.15, 0.2) is 82.3 Å². The molecular weight excluding hydrogens is 410 g/mol. The van der Waals surface area contributed by atoms with Crippen LogP contribution in [0.3, 0.4) is 0 Å². The summed E-state index contributed by atoms with van der Waals surface area (Å²) < 4.78 is 0.872. The number of hydrogen-bond acceptors (Lipinski definition) is 3. The van der Waals surface area contributed by atoms with Gasteiger partial charge in [-0.2, -0.15) is 0 Å².